The van der Waals surface area contributed by atoms with Gasteiger partial charge in [-0.1, -0.05) is 18.2 Å². The van der Waals surface area contributed by atoms with Crippen molar-refractivity contribution in [3.8, 4) is 5.75 Å². The monoisotopic (exact) mass is 234 g/mol. The normalized spacial score (nSPS) is 22.6. The van der Waals surface area contributed by atoms with E-state index in [4.69, 9.17) is 10.5 Å². The summed E-state index contributed by atoms with van der Waals surface area (Å²) in [6.45, 7) is 0.401. The highest BCUT2D eigenvalue weighted by Gasteiger charge is 2.28. The molecule has 0 heterocycles. The van der Waals surface area contributed by atoms with E-state index >= 15 is 0 Å². The third kappa shape index (κ3) is 3.46. The highest BCUT2D eigenvalue weighted by atomic mass is 16.5. The topological polar surface area (TPSA) is 64.3 Å². The van der Waals surface area contributed by atoms with Crippen molar-refractivity contribution < 1.29 is 9.53 Å². The zero-order valence-corrected chi connectivity index (χ0v) is 9.76. The van der Waals surface area contributed by atoms with E-state index in [0.29, 0.717) is 13.0 Å². The van der Waals surface area contributed by atoms with Crippen LogP contribution in [0.25, 0.3) is 0 Å². The predicted molar refractivity (Wildman–Crippen MR) is 65.7 cm³/mol. The molecule has 0 unspecified atom stereocenters. The summed E-state index contributed by atoms with van der Waals surface area (Å²) >= 11 is 0. The van der Waals surface area contributed by atoms with Gasteiger partial charge in [-0.25, -0.2) is 0 Å². The maximum Gasteiger partial charge on any atom is 0.223 e. The summed E-state index contributed by atoms with van der Waals surface area (Å²) in [5.41, 5.74) is 5.74. The Morgan fingerprint density at radius 2 is 2.12 bits per heavy atom. The zero-order chi connectivity index (χ0) is 12.1. The van der Waals surface area contributed by atoms with E-state index in [1.165, 1.54) is 0 Å². The molecule has 2 atom stereocenters. The third-order valence-electron chi connectivity index (χ3n) is 3.02. The molecule has 1 aliphatic rings. The number of carbonyl (C=O) groups is 1. The zero-order valence-electron chi connectivity index (χ0n) is 9.76. The van der Waals surface area contributed by atoms with Gasteiger partial charge in [-0.3, -0.25) is 4.79 Å². The van der Waals surface area contributed by atoms with Crippen LogP contribution in [-0.4, -0.2) is 24.6 Å². The average Bonchev–Trinajstić information content (AvgIpc) is 2.35. The summed E-state index contributed by atoms with van der Waals surface area (Å²) in [5.74, 6) is 0.807. The Bertz CT molecular complexity index is 367. The van der Waals surface area contributed by atoms with Crippen molar-refractivity contribution in [1.29, 1.82) is 0 Å². The van der Waals surface area contributed by atoms with Gasteiger partial charge in [0.2, 0.25) is 5.91 Å². The highest BCUT2D eigenvalue weighted by molar-refractivity contribution is 5.76. The maximum absolute atomic E-state index is 11.5. The number of para-hydroxylation sites is 1. The fourth-order valence-corrected chi connectivity index (χ4v) is 1.76. The van der Waals surface area contributed by atoms with Gasteiger partial charge in [-0.05, 0) is 25.0 Å². The third-order valence-corrected chi connectivity index (χ3v) is 3.02. The average molecular weight is 234 g/mol. The first-order valence-corrected chi connectivity index (χ1v) is 5.98. The van der Waals surface area contributed by atoms with Gasteiger partial charge in [0.1, 0.15) is 5.75 Å². The number of rotatable bonds is 5. The van der Waals surface area contributed by atoms with Gasteiger partial charge >= 0.3 is 0 Å². The van der Waals surface area contributed by atoms with Crippen molar-refractivity contribution in [3.05, 3.63) is 30.3 Å². The minimum Gasteiger partial charge on any atom is -0.493 e. The summed E-state index contributed by atoms with van der Waals surface area (Å²) in [6.07, 6.45) is 2.37. The van der Waals surface area contributed by atoms with Gasteiger partial charge in [-0.15, -0.1) is 0 Å². The van der Waals surface area contributed by atoms with Gasteiger partial charge in [0.25, 0.3) is 0 Å². The first kappa shape index (κ1) is 11.9. The van der Waals surface area contributed by atoms with Crippen LogP contribution in [0.5, 0.6) is 5.75 Å². The van der Waals surface area contributed by atoms with Crippen LogP contribution in [0.2, 0.25) is 0 Å². The highest BCUT2D eigenvalue weighted by Crippen LogP contribution is 2.17. The molecule has 4 heteroatoms. The van der Waals surface area contributed by atoms with Crippen molar-refractivity contribution in [3.63, 3.8) is 0 Å². The Morgan fingerprint density at radius 1 is 1.35 bits per heavy atom. The maximum atomic E-state index is 11.5. The van der Waals surface area contributed by atoms with Crippen LogP contribution < -0.4 is 15.8 Å². The molecule has 0 aliphatic heterocycles. The van der Waals surface area contributed by atoms with Gasteiger partial charge in [0.15, 0.2) is 0 Å². The number of hydrogen-bond acceptors (Lipinski definition) is 3. The van der Waals surface area contributed by atoms with E-state index in [1.54, 1.807) is 0 Å². The lowest BCUT2D eigenvalue weighted by molar-refractivity contribution is -0.123. The molecule has 0 aromatic heterocycles. The molecule has 0 bridgehead atoms. The second-order valence-corrected chi connectivity index (χ2v) is 4.33. The molecule has 1 amide bonds. The van der Waals surface area contributed by atoms with Crippen LogP contribution in [-0.2, 0) is 4.79 Å². The van der Waals surface area contributed by atoms with Gasteiger partial charge in [-0.2, -0.15) is 0 Å². The molecule has 0 spiro atoms. The Balaban J connectivity index is 1.63. The molecule has 1 saturated carbocycles. The Hall–Kier alpha value is -1.55. The Kier molecular flexibility index (Phi) is 3.98. The van der Waals surface area contributed by atoms with E-state index < -0.39 is 0 Å². The number of nitrogens with two attached hydrogens (primary N) is 1. The van der Waals surface area contributed by atoms with Gasteiger partial charge < -0.3 is 15.8 Å². The van der Waals surface area contributed by atoms with Crippen molar-refractivity contribution in [1.82, 2.24) is 5.32 Å². The number of ether oxygens (including phenoxy) is 1. The smallest absolute Gasteiger partial charge is 0.223 e. The molecule has 1 aliphatic carbocycles. The summed E-state index contributed by atoms with van der Waals surface area (Å²) < 4.78 is 5.44. The lowest BCUT2D eigenvalue weighted by atomic mass is 9.87. The minimum absolute atomic E-state index is 0.0149. The molecule has 4 nitrogen and oxygen atoms in total. The van der Waals surface area contributed by atoms with Gasteiger partial charge in [0.05, 0.1) is 13.0 Å². The summed E-state index contributed by atoms with van der Waals surface area (Å²) in [7, 11) is 0. The van der Waals surface area contributed by atoms with Crippen molar-refractivity contribution in [2.45, 2.75) is 31.3 Å². The van der Waals surface area contributed by atoms with Crippen LogP contribution in [0.3, 0.4) is 0 Å². The van der Waals surface area contributed by atoms with Gasteiger partial charge in [0, 0.05) is 12.1 Å². The lowest BCUT2D eigenvalue weighted by Crippen LogP contribution is -2.54. The summed E-state index contributed by atoms with van der Waals surface area (Å²) in [5, 5.41) is 2.91. The standard InChI is InChI=1S/C13H18N2O2/c14-11-6-7-12(11)15-13(16)8-9-17-10-4-2-1-3-5-10/h1-5,11-12H,6-9,14H2,(H,15,16)/t11-,12+/m1/s1. The van der Waals surface area contributed by atoms with Crippen molar-refractivity contribution >= 4 is 5.91 Å². The largest absolute Gasteiger partial charge is 0.493 e. The number of amides is 1. The second kappa shape index (κ2) is 5.68. The molecule has 0 radical (unpaired) electrons. The first-order chi connectivity index (χ1) is 8.25. The molecule has 92 valence electrons. The predicted octanol–water partition coefficient (Wildman–Crippen LogP) is 1.06. The molecule has 1 fully saturated rings. The molecule has 3 N–H and O–H groups in total. The molecular weight excluding hydrogens is 216 g/mol. The fourth-order valence-electron chi connectivity index (χ4n) is 1.76. The van der Waals surface area contributed by atoms with Crippen LogP contribution >= 0.6 is 0 Å². The molecule has 1 aromatic carbocycles. The molecule has 0 saturated heterocycles. The van der Waals surface area contributed by atoms with Crippen LogP contribution in [0.4, 0.5) is 0 Å². The molecule has 2 rings (SSSR count). The Labute approximate surface area is 101 Å². The van der Waals surface area contributed by atoms with Crippen molar-refractivity contribution in [2.75, 3.05) is 6.61 Å². The molecular formula is C13H18N2O2. The van der Waals surface area contributed by atoms with E-state index in [1.807, 2.05) is 30.3 Å². The number of carbonyl (C=O) groups excluding carboxylic acids is 1. The SMILES string of the molecule is N[C@@H]1CC[C@@H]1NC(=O)CCOc1ccccc1. The quantitative estimate of drug-likeness (QED) is 0.800. The summed E-state index contributed by atoms with van der Waals surface area (Å²) in [6, 6.07) is 9.79. The first-order valence-electron chi connectivity index (χ1n) is 5.98. The van der Waals surface area contributed by atoms with Crippen LogP contribution in [0.1, 0.15) is 19.3 Å². The second-order valence-electron chi connectivity index (χ2n) is 4.33. The minimum atomic E-state index is 0.0149. The fraction of sp³-hybridized carbons (Fsp3) is 0.462. The van der Waals surface area contributed by atoms with E-state index in [-0.39, 0.29) is 18.0 Å². The number of nitrogens with one attached hydrogen (secondary N) is 1. The van der Waals surface area contributed by atoms with E-state index in [0.717, 1.165) is 18.6 Å². The van der Waals surface area contributed by atoms with Crippen LogP contribution in [0, 0.1) is 0 Å². The Morgan fingerprint density at radius 3 is 2.71 bits per heavy atom. The number of hydrogen-bond donors (Lipinski definition) is 2. The number of benzene rings is 1. The van der Waals surface area contributed by atoms with Crippen LogP contribution in [0.15, 0.2) is 30.3 Å². The van der Waals surface area contributed by atoms with E-state index in [2.05, 4.69) is 5.32 Å². The van der Waals surface area contributed by atoms with E-state index in [9.17, 15) is 4.79 Å². The lowest BCUT2D eigenvalue weighted by Gasteiger charge is -2.34. The van der Waals surface area contributed by atoms with Crippen molar-refractivity contribution in [2.24, 2.45) is 5.73 Å². The summed E-state index contributed by atoms with van der Waals surface area (Å²) in [4.78, 5) is 11.5. The molecule has 1 aromatic rings. The molecule has 17 heavy (non-hydrogen) atoms.